The standard InChI is InChI=1S/C16H14ClNO/c17-14-7-10-15(11-8-14)19-16(12-18)9-6-13-4-2-1-3-5-13/h1-5,7-8,10-11,16H,6,9H2. The Morgan fingerprint density at radius 1 is 1.05 bits per heavy atom. The maximum atomic E-state index is 9.12. The van der Waals surface area contributed by atoms with Gasteiger partial charge in [0.2, 0.25) is 0 Å². The van der Waals surface area contributed by atoms with Crippen molar-refractivity contribution in [3.63, 3.8) is 0 Å². The first-order valence-corrected chi connectivity index (χ1v) is 6.51. The number of hydrogen-bond donors (Lipinski definition) is 0. The van der Waals surface area contributed by atoms with Gasteiger partial charge in [-0.2, -0.15) is 5.26 Å². The molecule has 0 amide bonds. The van der Waals surface area contributed by atoms with Crippen molar-refractivity contribution in [2.75, 3.05) is 0 Å². The lowest BCUT2D eigenvalue weighted by molar-refractivity contribution is 0.245. The molecule has 2 aromatic rings. The second-order valence-electron chi connectivity index (χ2n) is 4.21. The van der Waals surface area contributed by atoms with Crippen molar-refractivity contribution in [2.45, 2.75) is 18.9 Å². The van der Waals surface area contributed by atoms with E-state index in [4.69, 9.17) is 21.6 Å². The minimum absolute atomic E-state index is 0.443. The molecule has 0 heterocycles. The zero-order valence-corrected chi connectivity index (χ0v) is 11.2. The molecule has 0 saturated heterocycles. The Hall–Kier alpha value is -1.98. The van der Waals surface area contributed by atoms with Crippen molar-refractivity contribution in [3.8, 4) is 11.8 Å². The number of aryl methyl sites for hydroxylation is 1. The Morgan fingerprint density at radius 3 is 2.37 bits per heavy atom. The van der Waals surface area contributed by atoms with E-state index < -0.39 is 6.10 Å². The number of benzene rings is 2. The molecular formula is C16H14ClNO. The molecule has 0 bridgehead atoms. The van der Waals surface area contributed by atoms with E-state index in [1.54, 1.807) is 24.3 Å². The summed E-state index contributed by atoms with van der Waals surface area (Å²) in [6.45, 7) is 0. The molecule has 19 heavy (non-hydrogen) atoms. The fourth-order valence-corrected chi connectivity index (χ4v) is 1.90. The smallest absolute Gasteiger partial charge is 0.184 e. The van der Waals surface area contributed by atoms with Crippen LogP contribution in [0.25, 0.3) is 0 Å². The predicted molar refractivity (Wildman–Crippen MR) is 76.2 cm³/mol. The Labute approximate surface area is 118 Å². The Morgan fingerprint density at radius 2 is 1.74 bits per heavy atom. The fourth-order valence-electron chi connectivity index (χ4n) is 1.77. The highest BCUT2D eigenvalue weighted by Crippen LogP contribution is 2.18. The monoisotopic (exact) mass is 271 g/mol. The summed E-state index contributed by atoms with van der Waals surface area (Å²) in [7, 11) is 0. The van der Waals surface area contributed by atoms with Crippen LogP contribution >= 0.6 is 11.6 Å². The van der Waals surface area contributed by atoms with E-state index in [2.05, 4.69) is 18.2 Å². The van der Waals surface area contributed by atoms with Gasteiger partial charge in [-0.25, -0.2) is 0 Å². The van der Waals surface area contributed by atoms with Gasteiger partial charge in [0, 0.05) is 11.4 Å². The Balaban J connectivity index is 1.90. The van der Waals surface area contributed by atoms with Crippen molar-refractivity contribution in [2.24, 2.45) is 0 Å². The minimum Gasteiger partial charge on any atom is -0.476 e. The normalized spacial score (nSPS) is 11.6. The molecule has 2 rings (SSSR count). The molecule has 0 aliphatic carbocycles. The maximum Gasteiger partial charge on any atom is 0.184 e. The second kappa shape index (κ2) is 6.82. The summed E-state index contributed by atoms with van der Waals surface area (Å²) in [5.41, 5.74) is 1.21. The molecule has 0 N–H and O–H groups in total. The van der Waals surface area contributed by atoms with Crippen molar-refractivity contribution in [1.82, 2.24) is 0 Å². The third-order valence-electron chi connectivity index (χ3n) is 2.77. The van der Waals surface area contributed by atoms with E-state index in [1.165, 1.54) is 5.56 Å². The van der Waals surface area contributed by atoms with E-state index in [-0.39, 0.29) is 0 Å². The van der Waals surface area contributed by atoms with Gasteiger partial charge in [-0.05, 0) is 36.2 Å². The third kappa shape index (κ3) is 4.31. The lowest BCUT2D eigenvalue weighted by Gasteiger charge is -2.12. The molecular weight excluding hydrogens is 258 g/mol. The molecule has 0 radical (unpaired) electrons. The molecule has 1 unspecified atom stereocenters. The summed E-state index contributed by atoms with van der Waals surface area (Å²) >= 11 is 5.80. The SMILES string of the molecule is N#CC(CCc1ccccc1)Oc1ccc(Cl)cc1. The predicted octanol–water partition coefficient (Wildman–Crippen LogP) is 4.24. The summed E-state index contributed by atoms with van der Waals surface area (Å²) in [5, 5.41) is 9.78. The van der Waals surface area contributed by atoms with E-state index in [0.29, 0.717) is 17.2 Å². The maximum absolute atomic E-state index is 9.12. The van der Waals surface area contributed by atoms with Crippen molar-refractivity contribution >= 4 is 11.6 Å². The molecule has 2 aromatic carbocycles. The van der Waals surface area contributed by atoms with Gasteiger partial charge in [0.05, 0.1) is 0 Å². The summed E-state index contributed by atoms with van der Waals surface area (Å²) in [6.07, 6.45) is 1.05. The van der Waals surface area contributed by atoms with Crippen molar-refractivity contribution in [3.05, 3.63) is 65.2 Å². The highest BCUT2D eigenvalue weighted by molar-refractivity contribution is 6.30. The van der Waals surface area contributed by atoms with Crippen LogP contribution in [0.15, 0.2) is 54.6 Å². The summed E-state index contributed by atoms with van der Waals surface area (Å²) in [5.74, 6) is 0.670. The van der Waals surface area contributed by atoms with Gasteiger partial charge in [0.15, 0.2) is 6.10 Å². The van der Waals surface area contributed by atoms with Crippen LogP contribution in [0, 0.1) is 11.3 Å². The van der Waals surface area contributed by atoms with E-state index in [9.17, 15) is 0 Å². The number of halogens is 1. The van der Waals surface area contributed by atoms with Crippen LogP contribution in [-0.4, -0.2) is 6.10 Å². The van der Waals surface area contributed by atoms with Crippen molar-refractivity contribution in [1.29, 1.82) is 5.26 Å². The Kier molecular flexibility index (Phi) is 4.83. The number of ether oxygens (including phenoxy) is 1. The quantitative estimate of drug-likeness (QED) is 0.815. The van der Waals surface area contributed by atoms with E-state index >= 15 is 0 Å². The molecule has 0 aromatic heterocycles. The van der Waals surface area contributed by atoms with Gasteiger partial charge >= 0.3 is 0 Å². The van der Waals surface area contributed by atoms with Gasteiger partial charge in [0.1, 0.15) is 11.8 Å². The molecule has 0 spiro atoms. The molecule has 0 fully saturated rings. The van der Waals surface area contributed by atoms with Crippen LogP contribution in [-0.2, 0) is 6.42 Å². The van der Waals surface area contributed by atoms with Gasteiger partial charge in [-0.1, -0.05) is 41.9 Å². The highest BCUT2D eigenvalue weighted by atomic mass is 35.5. The van der Waals surface area contributed by atoms with E-state index in [1.807, 2.05) is 18.2 Å². The fraction of sp³-hybridized carbons (Fsp3) is 0.188. The molecule has 0 aliphatic rings. The number of rotatable bonds is 5. The topological polar surface area (TPSA) is 33.0 Å². The Bertz CT molecular complexity index is 545. The zero-order chi connectivity index (χ0) is 13.5. The van der Waals surface area contributed by atoms with Gasteiger partial charge in [0.25, 0.3) is 0 Å². The largest absolute Gasteiger partial charge is 0.476 e. The van der Waals surface area contributed by atoms with Crippen LogP contribution in [0.5, 0.6) is 5.75 Å². The number of nitrogens with zero attached hydrogens (tertiary/aromatic N) is 1. The molecule has 2 nitrogen and oxygen atoms in total. The highest BCUT2D eigenvalue weighted by Gasteiger charge is 2.09. The van der Waals surface area contributed by atoms with Crippen LogP contribution in [0.4, 0.5) is 0 Å². The number of nitriles is 1. The van der Waals surface area contributed by atoms with Gasteiger partial charge < -0.3 is 4.74 Å². The molecule has 0 saturated carbocycles. The first-order valence-electron chi connectivity index (χ1n) is 6.13. The van der Waals surface area contributed by atoms with Crippen LogP contribution < -0.4 is 4.74 Å². The van der Waals surface area contributed by atoms with Crippen LogP contribution in [0.1, 0.15) is 12.0 Å². The van der Waals surface area contributed by atoms with Gasteiger partial charge in [-0.15, -0.1) is 0 Å². The van der Waals surface area contributed by atoms with Gasteiger partial charge in [-0.3, -0.25) is 0 Å². The van der Waals surface area contributed by atoms with Crippen molar-refractivity contribution < 1.29 is 4.74 Å². The first-order chi connectivity index (χ1) is 9.28. The molecule has 0 aliphatic heterocycles. The summed E-state index contributed by atoms with van der Waals surface area (Å²) < 4.78 is 5.62. The average molecular weight is 272 g/mol. The van der Waals surface area contributed by atoms with Crippen LogP contribution in [0.3, 0.4) is 0 Å². The molecule has 96 valence electrons. The van der Waals surface area contributed by atoms with Crippen LogP contribution in [0.2, 0.25) is 5.02 Å². The first kappa shape index (κ1) is 13.5. The summed E-state index contributed by atoms with van der Waals surface area (Å²) in [6, 6.07) is 19.3. The minimum atomic E-state index is -0.443. The average Bonchev–Trinajstić information content (AvgIpc) is 2.46. The lowest BCUT2D eigenvalue weighted by atomic mass is 10.1. The molecule has 3 heteroatoms. The summed E-state index contributed by atoms with van der Waals surface area (Å²) in [4.78, 5) is 0. The third-order valence-corrected chi connectivity index (χ3v) is 3.03. The number of hydrogen-bond acceptors (Lipinski definition) is 2. The zero-order valence-electron chi connectivity index (χ0n) is 10.4. The van der Waals surface area contributed by atoms with E-state index in [0.717, 1.165) is 6.42 Å². The molecule has 1 atom stereocenters. The second-order valence-corrected chi connectivity index (χ2v) is 4.65. The lowest BCUT2D eigenvalue weighted by Crippen LogP contribution is -2.14.